The molecular formula is C20H21Cl2N3O. The van der Waals surface area contributed by atoms with Crippen molar-refractivity contribution in [3.63, 3.8) is 0 Å². The molecule has 3 aromatic rings. The van der Waals surface area contributed by atoms with Gasteiger partial charge in [-0.2, -0.15) is 0 Å². The summed E-state index contributed by atoms with van der Waals surface area (Å²) >= 11 is 11.9. The Morgan fingerprint density at radius 1 is 1.15 bits per heavy atom. The van der Waals surface area contributed by atoms with E-state index in [9.17, 15) is 4.79 Å². The number of likely N-dealkylation sites (N-methyl/N-ethyl adjacent to an activating group) is 1. The van der Waals surface area contributed by atoms with Crippen LogP contribution in [0.1, 0.15) is 22.0 Å². The minimum atomic E-state index is -0.171. The van der Waals surface area contributed by atoms with Crippen LogP contribution in [0.5, 0.6) is 0 Å². The number of nitrogens with zero attached hydrogens (tertiary/aromatic N) is 2. The average molecular weight is 390 g/mol. The molecule has 4 nitrogen and oxygen atoms in total. The molecule has 1 N–H and O–H groups in total. The van der Waals surface area contributed by atoms with E-state index < -0.39 is 0 Å². The topological polar surface area (TPSA) is 37.3 Å². The second-order valence-corrected chi connectivity index (χ2v) is 7.35. The smallest absolute Gasteiger partial charge is 0.251 e. The van der Waals surface area contributed by atoms with E-state index >= 15 is 0 Å². The maximum atomic E-state index is 12.5. The van der Waals surface area contributed by atoms with Crippen LogP contribution in [-0.2, 0) is 7.05 Å². The molecule has 1 atom stereocenters. The molecule has 0 aliphatic carbocycles. The highest BCUT2D eigenvalue weighted by molar-refractivity contribution is 6.42. The van der Waals surface area contributed by atoms with Crippen LogP contribution in [-0.4, -0.2) is 36.0 Å². The first-order chi connectivity index (χ1) is 12.4. The number of rotatable bonds is 5. The van der Waals surface area contributed by atoms with Gasteiger partial charge >= 0.3 is 0 Å². The van der Waals surface area contributed by atoms with Crippen molar-refractivity contribution in [3.05, 3.63) is 69.8 Å². The Balaban J connectivity index is 1.83. The molecule has 136 valence electrons. The highest BCUT2D eigenvalue weighted by Gasteiger charge is 2.20. The molecule has 0 fully saturated rings. The number of fused-ring (bicyclic) bond motifs is 1. The number of halogens is 2. The summed E-state index contributed by atoms with van der Waals surface area (Å²) in [6.07, 6.45) is 2.13. The molecule has 1 aromatic heterocycles. The highest BCUT2D eigenvalue weighted by atomic mass is 35.5. The van der Waals surface area contributed by atoms with Gasteiger partial charge in [-0.15, -0.1) is 0 Å². The summed E-state index contributed by atoms with van der Waals surface area (Å²) in [6, 6.07) is 13.2. The fourth-order valence-corrected chi connectivity index (χ4v) is 3.44. The second-order valence-electron chi connectivity index (χ2n) is 6.53. The molecular weight excluding hydrogens is 369 g/mol. The summed E-state index contributed by atoms with van der Waals surface area (Å²) < 4.78 is 2.11. The number of amides is 1. The molecule has 0 unspecified atom stereocenters. The van der Waals surface area contributed by atoms with Gasteiger partial charge in [0.1, 0.15) is 0 Å². The van der Waals surface area contributed by atoms with Gasteiger partial charge in [-0.05, 0) is 43.9 Å². The number of aryl methyl sites for hydroxylation is 1. The molecule has 2 aromatic carbocycles. The summed E-state index contributed by atoms with van der Waals surface area (Å²) in [5, 5.41) is 5.01. The van der Waals surface area contributed by atoms with Crippen molar-refractivity contribution in [3.8, 4) is 0 Å². The molecule has 0 radical (unpaired) electrons. The average Bonchev–Trinajstić information content (AvgIpc) is 2.94. The van der Waals surface area contributed by atoms with E-state index in [1.807, 2.05) is 33.3 Å². The first-order valence-electron chi connectivity index (χ1n) is 8.32. The first kappa shape index (κ1) is 18.8. The number of para-hydroxylation sites is 1. The van der Waals surface area contributed by atoms with Gasteiger partial charge in [0.05, 0.1) is 16.1 Å². The lowest BCUT2D eigenvalue weighted by Gasteiger charge is -2.24. The summed E-state index contributed by atoms with van der Waals surface area (Å²) in [5.74, 6) is -0.171. The van der Waals surface area contributed by atoms with Crippen LogP contribution in [0.2, 0.25) is 10.0 Å². The van der Waals surface area contributed by atoms with E-state index in [1.165, 1.54) is 16.5 Å². The van der Waals surface area contributed by atoms with E-state index in [0.717, 1.165) is 0 Å². The summed E-state index contributed by atoms with van der Waals surface area (Å²) in [7, 11) is 6.06. The van der Waals surface area contributed by atoms with Crippen molar-refractivity contribution >= 4 is 40.0 Å². The highest BCUT2D eigenvalue weighted by Crippen LogP contribution is 2.28. The fourth-order valence-electron chi connectivity index (χ4n) is 3.14. The number of carbonyl (C=O) groups is 1. The van der Waals surface area contributed by atoms with Crippen molar-refractivity contribution in [2.75, 3.05) is 20.6 Å². The Kier molecular flexibility index (Phi) is 5.56. The zero-order chi connectivity index (χ0) is 18.8. The number of carbonyl (C=O) groups excluding carboxylic acids is 1. The zero-order valence-corrected chi connectivity index (χ0v) is 16.5. The van der Waals surface area contributed by atoms with Gasteiger partial charge < -0.3 is 14.8 Å². The number of hydrogen-bond acceptors (Lipinski definition) is 2. The molecule has 1 heterocycles. The lowest BCUT2D eigenvalue weighted by atomic mass is 10.0. The van der Waals surface area contributed by atoms with Crippen molar-refractivity contribution in [2.24, 2.45) is 7.05 Å². The maximum Gasteiger partial charge on any atom is 0.251 e. The van der Waals surface area contributed by atoms with Crippen LogP contribution in [0, 0.1) is 0 Å². The third-order valence-electron chi connectivity index (χ3n) is 4.55. The van der Waals surface area contributed by atoms with Crippen molar-refractivity contribution in [1.29, 1.82) is 0 Å². The second kappa shape index (κ2) is 7.70. The minimum absolute atomic E-state index is 0.0489. The molecule has 0 bridgehead atoms. The van der Waals surface area contributed by atoms with E-state index in [4.69, 9.17) is 23.2 Å². The molecule has 0 saturated heterocycles. The van der Waals surface area contributed by atoms with Crippen LogP contribution in [0.15, 0.2) is 48.7 Å². The monoisotopic (exact) mass is 389 g/mol. The van der Waals surface area contributed by atoms with E-state index in [-0.39, 0.29) is 11.9 Å². The molecule has 0 saturated carbocycles. The van der Waals surface area contributed by atoms with Crippen molar-refractivity contribution in [2.45, 2.75) is 6.04 Å². The molecule has 26 heavy (non-hydrogen) atoms. The summed E-state index contributed by atoms with van der Waals surface area (Å²) in [6.45, 7) is 0.486. The standard InChI is InChI=1S/C20H21Cl2N3O/c1-24(2)19(15-12-25(3)18-7-5-4-6-14(15)18)11-23-20(26)13-8-9-16(21)17(22)10-13/h4-10,12,19H,11H2,1-3H3,(H,23,26)/t19-/m1/s1. The quantitative estimate of drug-likeness (QED) is 0.696. The molecule has 1 amide bonds. The zero-order valence-electron chi connectivity index (χ0n) is 15.0. The van der Waals surface area contributed by atoms with Crippen LogP contribution in [0.4, 0.5) is 0 Å². The summed E-state index contributed by atoms with van der Waals surface area (Å²) in [4.78, 5) is 14.6. The number of hydrogen-bond donors (Lipinski definition) is 1. The predicted molar refractivity (Wildman–Crippen MR) is 108 cm³/mol. The van der Waals surface area contributed by atoms with Crippen LogP contribution >= 0.6 is 23.2 Å². The van der Waals surface area contributed by atoms with E-state index in [2.05, 4.69) is 33.1 Å². The van der Waals surface area contributed by atoms with Crippen LogP contribution in [0.25, 0.3) is 10.9 Å². The Labute approximate surface area is 163 Å². The van der Waals surface area contributed by atoms with Crippen LogP contribution < -0.4 is 5.32 Å². The molecule has 3 rings (SSSR count). The Morgan fingerprint density at radius 2 is 1.88 bits per heavy atom. The largest absolute Gasteiger partial charge is 0.350 e. The molecule has 0 aliphatic heterocycles. The van der Waals surface area contributed by atoms with Gasteiger partial charge in [0.2, 0.25) is 0 Å². The van der Waals surface area contributed by atoms with Gasteiger partial charge in [0.25, 0.3) is 5.91 Å². The number of nitrogens with one attached hydrogen (secondary N) is 1. The summed E-state index contributed by atoms with van der Waals surface area (Å²) in [5.41, 5.74) is 2.85. The Hall–Kier alpha value is -2.01. The SMILES string of the molecule is CN(C)[C@H](CNC(=O)c1ccc(Cl)c(Cl)c1)c1cn(C)c2ccccc12. The predicted octanol–water partition coefficient (Wildman–Crippen LogP) is 4.52. The van der Waals surface area contributed by atoms with Gasteiger partial charge in [0.15, 0.2) is 0 Å². The molecule has 6 heteroatoms. The Bertz CT molecular complexity index is 949. The molecule has 0 spiro atoms. The van der Waals surface area contributed by atoms with E-state index in [0.29, 0.717) is 22.2 Å². The third kappa shape index (κ3) is 3.73. The van der Waals surface area contributed by atoms with Crippen molar-refractivity contribution in [1.82, 2.24) is 14.8 Å². The van der Waals surface area contributed by atoms with Gasteiger partial charge in [-0.25, -0.2) is 0 Å². The molecule has 0 aliphatic rings. The normalized spacial score (nSPS) is 12.5. The lowest BCUT2D eigenvalue weighted by molar-refractivity contribution is 0.0942. The van der Waals surface area contributed by atoms with Gasteiger partial charge in [-0.3, -0.25) is 4.79 Å². The van der Waals surface area contributed by atoms with Gasteiger partial charge in [-0.1, -0.05) is 41.4 Å². The third-order valence-corrected chi connectivity index (χ3v) is 5.29. The van der Waals surface area contributed by atoms with Gasteiger partial charge in [0, 0.05) is 36.3 Å². The lowest BCUT2D eigenvalue weighted by Crippen LogP contribution is -2.34. The van der Waals surface area contributed by atoms with Crippen molar-refractivity contribution < 1.29 is 4.79 Å². The maximum absolute atomic E-state index is 12.5. The van der Waals surface area contributed by atoms with E-state index in [1.54, 1.807) is 18.2 Å². The fraction of sp³-hybridized carbons (Fsp3) is 0.250. The first-order valence-corrected chi connectivity index (χ1v) is 9.07. The van der Waals surface area contributed by atoms with Crippen LogP contribution in [0.3, 0.4) is 0 Å². The minimum Gasteiger partial charge on any atom is -0.350 e. The number of aromatic nitrogens is 1. The number of benzene rings is 2. The Morgan fingerprint density at radius 3 is 2.58 bits per heavy atom.